The summed E-state index contributed by atoms with van der Waals surface area (Å²) >= 11 is 1.44. The molecule has 2 atom stereocenters. The molecule has 1 saturated carbocycles. The molecule has 2 aliphatic heterocycles. The molecule has 7 nitrogen and oxygen atoms in total. The van der Waals surface area contributed by atoms with Gasteiger partial charge in [-0.2, -0.15) is 0 Å². The van der Waals surface area contributed by atoms with Gasteiger partial charge in [-0.1, -0.05) is 25.3 Å². The Bertz CT molecular complexity index is 1080. The van der Waals surface area contributed by atoms with Gasteiger partial charge in [-0.25, -0.2) is 4.98 Å². The molecule has 0 radical (unpaired) electrons. The van der Waals surface area contributed by atoms with Crippen LogP contribution < -0.4 is 4.90 Å². The van der Waals surface area contributed by atoms with Crippen molar-refractivity contribution in [3.63, 3.8) is 0 Å². The maximum absolute atomic E-state index is 13.5. The van der Waals surface area contributed by atoms with Crippen LogP contribution in [0.1, 0.15) is 83.6 Å². The minimum absolute atomic E-state index is 0.0888. The maximum atomic E-state index is 13.5. The Hall–Kier alpha value is -2.74. The second-order valence-electron chi connectivity index (χ2n) is 9.75. The van der Waals surface area contributed by atoms with Gasteiger partial charge in [0.2, 0.25) is 5.91 Å². The molecule has 3 aliphatic rings. The number of imide groups is 1. The van der Waals surface area contributed by atoms with E-state index in [0.29, 0.717) is 23.7 Å². The zero-order chi connectivity index (χ0) is 23.8. The largest absolute Gasteiger partial charge is 0.370 e. The quantitative estimate of drug-likeness (QED) is 0.589. The molecule has 3 heterocycles. The molecule has 3 amide bonds. The van der Waals surface area contributed by atoms with Crippen LogP contribution in [0, 0.1) is 5.92 Å². The predicted molar refractivity (Wildman–Crippen MR) is 132 cm³/mol. The average molecular weight is 481 g/mol. The van der Waals surface area contributed by atoms with Gasteiger partial charge in [-0.15, -0.1) is 11.3 Å². The minimum atomic E-state index is -0.417. The van der Waals surface area contributed by atoms with Crippen LogP contribution >= 0.6 is 11.3 Å². The summed E-state index contributed by atoms with van der Waals surface area (Å²) in [6.07, 6.45) is 9.28. The molecule has 5 rings (SSSR count). The SMILES string of the molecule is C[C@@H](c1nccs1)N1C(=O)c2cccc(N3CCC[C@H](C(=O)N(C)C4CCCCC4)C3)c2C1=O. The first-order chi connectivity index (χ1) is 16.5. The van der Waals surface area contributed by atoms with E-state index in [1.54, 1.807) is 12.3 Å². The fourth-order valence-corrected chi connectivity index (χ4v) is 6.47. The van der Waals surface area contributed by atoms with Gasteiger partial charge in [-0.3, -0.25) is 19.3 Å². The second-order valence-corrected chi connectivity index (χ2v) is 10.7. The zero-order valence-corrected chi connectivity index (χ0v) is 20.7. The second kappa shape index (κ2) is 9.49. The molecule has 1 aromatic carbocycles. The number of nitrogens with zero attached hydrogens (tertiary/aromatic N) is 4. The smallest absolute Gasteiger partial charge is 0.264 e. The van der Waals surface area contributed by atoms with Crippen molar-refractivity contribution in [3.8, 4) is 0 Å². The minimum Gasteiger partial charge on any atom is -0.370 e. The highest BCUT2D eigenvalue weighted by Crippen LogP contribution is 2.38. The van der Waals surface area contributed by atoms with Gasteiger partial charge in [0, 0.05) is 37.8 Å². The first-order valence-electron chi connectivity index (χ1n) is 12.4. The average Bonchev–Trinajstić information content (AvgIpc) is 3.51. The first kappa shape index (κ1) is 23.0. The lowest BCUT2D eigenvalue weighted by molar-refractivity contribution is -0.137. The Morgan fingerprint density at radius 3 is 2.65 bits per heavy atom. The summed E-state index contributed by atoms with van der Waals surface area (Å²) in [5.74, 6) is -0.419. The van der Waals surface area contributed by atoms with E-state index in [2.05, 4.69) is 9.88 Å². The number of fused-ring (bicyclic) bond motifs is 1. The molecule has 2 aromatic rings. The van der Waals surface area contributed by atoms with Gasteiger partial charge in [0.25, 0.3) is 11.8 Å². The predicted octanol–water partition coefficient (Wildman–Crippen LogP) is 4.51. The molecular weight excluding hydrogens is 448 g/mol. The molecule has 0 N–H and O–H groups in total. The summed E-state index contributed by atoms with van der Waals surface area (Å²) < 4.78 is 0. The van der Waals surface area contributed by atoms with Crippen LogP contribution in [0.25, 0.3) is 0 Å². The van der Waals surface area contributed by atoms with E-state index in [-0.39, 0.29) is 23.6 Å². The van der Waals surface area contributed by atoms with E-state index in [0.717, 1.165) is 42.9 Å². The Labute approximate surface area is 204 Å². The van der Waals surface area contributed by atoms with Crippen LogP contribution in [0.5, 0.6) is 0 Å². The summed E-state index contributed by atoms with van der Waals surface area (Å²) in [5.41, 5.74) is 1.67. The lowest BCUT2D eigenvalue weighted by Crippen LogP contribution is -2.47. The lowest BCUT2D eigenvalue weighted by Gasteiger charge is -2.38. The normalized spacial score (nSPS) is 22.1. The monoisotopic (exact) mass is 480 g/mol. The fraction of sp³-hybridized carbons (Fsp3) is 0.538. The molecule has 0 bridgehead atoms. The fourth-order valence-electron chi connectivity index (χ4n) is 5.79. The van der Waals surface area contributed by atoms with Gasteiger partial charge in [-0.05, 0) is 44.7 Å². The van der Waals surface area contributed by atoms with Crippen LogP contribution in [-0.4, -0.2) is 58.7 Å². The van der Waals surface area contributed by atoms with E-state index < -0.39 is 6.04 Å². The number of rotatable bonds is 5. The number of thiazole rings is 1. The van der Waals surface area contributed by atoms with Gasteiger partial charge >= 0.3 is 0 Å². The molecule has 8 heteroatoms. The lowest BCUT2D eigenvalue weighted by atomic mass is 9.91. The van der Waals surface area contributed by atoms with E-state index in [1.807, 2.05) is 36.4 Å². The summed E-state index contributed by atoms with van der Waals surface area (Å²) in [4.78, 5) is 49.9. The number of carbonyl (C=O) groups excluding carboxylic acids is 3. The van der Waals surface area contributed by atoms with Crippen molar-refractivity contribution < 1.29 is 14.4 Å². The van der Waals surface area contributed by atoms with Crippen LogP contribution in [0.4, 0.5) is 5.69 Å². The van der Waals surface area contributed by atoms with Crippen LogP contribution in [0.3, 0.4) is 0 Å². The molecule has 180 valence electrons. The Kier molecular flexibility index (Phi) is 6.42. The Balaban J connectivity index is 1.37. The number of piperidine rings is 1. The molecule has 0 spiro atoms. The molecule has 1 saturated heterocycles. The molecule has 34 heavy (non-hydrogen) atoms. The topological polar surface area (TPSA) is 73.8 Å². The first-order valence-corrected chi connectivity index (χ1v) is 13.3. The molecule has 2 fully saturated rings. The van der Waals surface area contributed by atoms with Crippen molar-refractivity contribution in [3.05, 3.63) is 45.9 Å². The highest BCUT2D eigenvalue weighted by atomic mass is 32.1. The number of aromatic nitrogens is 1. The third-order valence-electron chi connectivity index (χ3n) is 7.70. The maximum Gasteiger partial charge on any atom is 0.264 e. The van der Waals surface area contributed by atoms with E-state index >= 15 is 0 Å². The number of carbonyl (C=O) groups is 3. The van der Waals surface area contributed by atoms with Crippen molar-refractivity contribution in [2.24, 2.45) is 5.92 Å². The summed E-state index contributed by atoms with van der Waals surface area (Å²) in [7, 11) is 1.96. The highest BCUT2D eigenvalue weighted by molar-refractivity contribution is 7.09. The summed E-state index contributed by atoms with van der Waals surface area (Å²) in [5, 5.41) is 2.59. The molecule has 1 aliphatic carbocycles. The standard InChI is InChI=1S/C26H32N4O3S/c1-17(23-27-13-15-34-23)30-25(32)20-11-6-12-21(22(20)26(30)33)29-14-7-8-18(16-29)24(31)28(2)19-9-4-3-5-10-19/h6,11-13,15,17-19H,3-5,7-10,14,16H2,1-2H3/t17-,18-/m0/s1. The van der Waals surface area contributed by atoms with Crippen LogP contribution in [-0.2, 0) is 4.79 Å². The van der Waals surface area contributed by atoms with Crippen LogP contribution in [0.2, 0.25) is 0 Å². The van der Waals surface area contributed by atoms with E-state index in [1.165, 1.54) is 35.5 Å². The number of amides is 3. The van der Waals surface area contributed by atoms with Crippen molar-refractivity contribution in [1.29, 1.82) is 0 Å². The third kappa shape index (κ3) is 4.02. The highest BCUT2D eigenvalue weighted by Gasteiger charge is 2.42. The van der Waals surface area contributed by atoms with Crippen molar-refractivity contribution >= 4 is 34.7 Å². The third-order valence-corrected chi connectivity index (χ3v) is 8.65. The Morgan fingerprint density at radius 1 is 1.12 bits per heavy atom. The van der Waals surface area contributed by atoms with Crippen molar-refractivity contribution in [2.75, 3.05) is 25.0 Å². The van der Waals surface area contributed by atoms with Crippen LogP contribution in [0.15, 0.2) is 29.8 Å². The zero-order valence-electron chi connectivity index (χ0n) is 19.9. The summed E-state index contributed by atoms with van der Waals surface area (Å²) in [6.45, 7) is 3.20. The number of anilines is 1. The van der Waals surface area contributed by atoms with Crippen molar-refractivity contribution in [2.45, 2.75) is 64.0 Å². The number of hydrogen-bond donors (Lipinski definition) is 0. The number of hydrogen-bond acceptors (Lipinski definition) is 6. The summed E-state index contributed by atoms with van der Waals surface area (Å²) in [6, 6.07) is 5.42. The molecule has 0 unspecified atom stereocenters. The molecular formula is C26H32N4O3S. The number of benzene rings is 1. The van der Waals surface area contributed by atoms with Gasteiger partial charge < -0.3 is 9.80 Å². The molecule has 1 aromatic heterocycles. The van der Waals surface area contributed by atoms with Crippen molar-refractivity contribution in [1.82, 2.24) is 14.8 Å². The van der Waals surface area contributed by atoms with E-state index in [9.17, 15) is 14.4 Å². The Morgan fingerprint density at radius 2 is 1.91 bits per heavy atom. The van der Waals surface area contributed by atoms with Gasteiger partial charge in [0.15, 0.2) is 0 Å². The van der Waals surface area contributed by atoms with Gasteiger partial charge in [0.05, 0.1) is 28.8 Å². The van der Waals surface area contributed by atoms with Gasteiger partial charge in [0.1, 0.15) is 5.01 Å². The van der Waals surface area contributed by atoms with E-state index in [4.69, 9.17) is 0 Å².